The summed E-state index contributed by atoms with van der Waals surface area (Å²) in [6, 6.07) is 70.3. The second-order valence-electron chi connectivity index (χ2n) is 17.0. The van der Waals surface area contributed by atoms with E-state index in [-0.39, 0.29) is 0 Å². The SMILES string of the molecule is Cc1ccc2c(c1)c1cc(C)ccc1n2-c1c(-c2ccccc2)cc(-c2nc(-c3ccc4c(c3)sc3ccccc34)nc(-c3ccc4c(c3)sc3ccccc34)n2)cc1-c1ccccc1. The number of thiophene rings is 2. The summed E-state index contributed by atoms with van der Waals surface area (Å²) in [4.78, 5) is 16.1. The summed E-state index contributed by atoms with van der Waals surface area (Å²) in [5, 5.41) is 7.49. The van der Waals surface area contributed by atoms with Gasteiger partial charge in [-0.05, 0) is 85.6 Å². The zero-order valence-corrected chi connectivity index (χ0v) is 37.2. The van der Waals surface area contributed by atoms with Crippen LogP contribution in [0, 0.1) is 13.8 Å². The molecule has 0 spiro atoms. The molecule has 4 aromatic heterocycles. The van der Waals surface area contributed by atoms with Crippen molar-refractivity contribution in [3.63, 3.8) is 0 Å². The second-order valence-corrected chi connectivity index (χ2v) is 19.1. The second kappa shape index (κ2) is 14.9. The van der Waals surface area contributed by atoms with Crippen LogP contribution >= 0.6 is 22.7 Å². The number of rotatable bonds is 6. The molecule has 0 aliphatic rings. The molecule has 0 atom stereocenters. The van der Waals surface area contributed by atoms with Gasteiger partial charge in [0.15, 0.2) is 17.5 Å². The minimum atomic E-state index is 0.618. The third-order valence-electron chi connectivity index (χ3n) is 12.7. The maximum Gasteiger partial charge on any atom is 0.164 e. The van der Waals surface area contributed by atoms with Crippen molar-refractivity contribution in [1.82, 2.24) is 19.5 Å². The summed E-state index contributed by atoms with van der Waals surface area (Å²) >= 11 is 3.61. The van der Waals surface area contributed by atoms with Gasteiger partial charge >= 0.3 is 0 Å². The first-order valence-electron chi connectivity index (χ1n) is 21.9. The number of nitrogens with zero attached hydrogens (tertiary/aromatic N) is 4. The smallest absolute Gasteiger partial charge is 0.164 e. The van der Waals surface area contributed by atoms with Crippen molar-refractivity contribution < 1.29 is 0 Å². The molecule has 4 nitrogen and oxygen atoms in total. The van der Waals surface area contributed by atoms with E-state index in [0.717, 1.165) is 55.7 Å². The Kier molecular flexibility index (Phi) is 8.66. The first-order valence-corrected chi connectivity index (χ1v) is 23.5. The van der Waals surface area contributed by atoms with E-state index in [1.165, 1.54) is 62.2 Å². The number of aryl methyl sites for hydroxylation is 2. The van der Waals surface area contributed by atoms with Gasteiger partial charge in [0.1, 0.15) is 0 Å². The number of hydrogen-bond acceptors (Lipinski definition) is 5. The molecule has 0 saturated heterocycles. The normalized spacial score (nSPS) is 11.8. The molecule has 0 bridgehead atoms. The molecule has 13 rings (SSSR count). The van der Waals surface area contributed by atoms with Gasteiger partial charge in [0, 0.05) is 78.9 Å². The number of aromatic nitrogens is 4. The molecule has 0 fully saturated rings. The summed E-state index contributed by atoms with van der Waals surface area (Å²) in [5.41, 5.74) is 13.1. The van der Waals surface area contributed by atoms with E-state index in [1.54, 1.807) is 22.7 Å². The van der Waals surface area contributed by atoms with Crippen LogP contribution < -0.4 is 0 Å². The van der Waals surface area contributed by atoms with Gasteiger partial charge in [0.25, 0.3) is 0 Å². The Balaban J connectivity index is 1.10. The van der Waals surface area contributed by atoms with Gasteiger partial charge in [-0.2, -0.15) is 0 Å². The number of hydrogen-bond donors (Lipinski definition) is 0. The van der Waals surface area contributed by atoms with E-state index >= 15 is 0 Å². The van der Waals surface area contributed by atoms with E-state index in [4.69, 9.17) is 15.0 Å². The van der Waals surface area contributed by atoms with Crippen LogP contribution in [0.1, 0.15) is 11.1 Å². The van der Waals surface area contributed by atoms with Crippen molar-refractivity contribution >= 4 is 84.8 Å². The Morgan fingerprint density at radius 2 is 0.738 bits per heavy atom. The summed E-state index contributed by atoms with van der Waals surface area (Å²) in [7, 11) is 0. The van der Waals surface area contributed by atoms with Crippen molar-refractivity contribution in [2.75, 3.05) is 0 Å². The maximum absolute atomic E-state index is 5.42. The first kappa shape index (κ1) is 37.8. The van der Waals surface area contributed by atoms with Crippen molar-refractivity contribution in [2.45, 2.75) is 13.8 Å². The van der Waals surface area contributed by atoms with Crippen molar-refractivity contribution in [1.29, 1.82) is 0 Å². The Morgan fingerprint density at radius 3 is 1.22 bits per heavy atom. The van der Waals surface area contributed by atoms with Crippen LogP contribution in [0.5, 0.6) is 0 Å². The Labute approximate surface area is 383 Å². The molecule has 0 amide bonds. The minimum absolute atomic E-state index is 0.618. The Hall–Kier alpha value is -7.77. The third-order valence-corrected chi connectivity index (χ3v) is 15.0. The third kappa shape index (κ3) is 6.28. The molecule has 0 aliphatic carbocycles. The van der Waals surface area contributed by atoms with Crippen LogP contribution in [0.15, 0.2) is 194 Å². The van der Waals surface area contributed by atoms with Crippen LogP contribution in [-0.4, -0.2) is 19.5 Å². The van der Waals surface area contributed by atoms with E-state index in [0.29, 0.717) is 17.5 Å². The van der Waals surface area contributed by atoms with Gasteiger partial charge in [-0.15, -0.1) is 22.7 Å². The molecular formula is C59H38N4S2. The summed E-state index contributed by atoms with van der Waals surface area (Å²) in [6.07, 6.45) is 0. The number of benzene rings is 9. The van der Waals surface area contributed by atoms with Gasteiger partial charge in [0.2, 0.25) is 0 Å². The molecule has 13 aromatic rings. The van der Waals surface area contributed by atoms with Crippen LogP contribution in [0.4, 0.5) is 0 Å². The first-order chi connectivity index (χ1) is 32.0. The molecule has 0 saturated carbocycles. The van der Waals surface area contributed by atoms with E-state index in [1.807, 2.05) is 0 Å². The Bertz CT molecular complexity index is 3780. The van der Waals surface area contributed by atoms with Crippen LogP contribution in [0.25, 0.3) is 124 Å². The highest BCUT2D eigenvalue weighted by Crippen LogP contribution is 2.45. The topological polar surface area (TPSA) is 43.6 Å². The van der Waals surface area contributed by atoms with Gasteiger partial charge < -0.3 is 4.57 Å². The molecule has 6 heteroatoms. The van der Waals surface area contributed by atoms with Crippen LogP contribution in [-0.2, 0) is 0 Å². The molecular weight excluding hydrogens is 829 g/mol. The fraction of sp³-hybridized carbons (Fsp3) is 0.0339. The van der Waals surface area contributed by atoms with Gasteiger partial charge in [0.05, 0.1) is 16.7 Å². The molecule has 306 valence electrons. The highest BCUT2D eigenvalue weighted by molar-refractivity contribution is 7.26. The van der Waals surface area contributed by atoms with Gasteiger partial charge in [-0.25, -0.2) is 15.0 Å². The lowest BCUT2D eigenvalue weighted by molar-refractivity contribution is 1.07. The fourth-order valence-electron chi connectivity index (χ4n) is 9.67. The lowest BCUT2D eigenvalue weighted by Crippen LogP contribution is -2.04. The van der Waals surface area contributed by atoms with Crippen molar-refractivity contribution in [2.24, 2.45) is 0 Å². The maximum atomic E-state index is 5.42. The quantitative estimate of drug-likeness (QED) is 0.167. The lowest BCUT2D eigenvalue weighted by atomic mass is 9.92. The largest absolute Gasteiger partial charge is 0.308 e. The summed E-state index contributed by atoms with van der Waals surface area (Å²) < 4.78 is 7.42. The molecule has 0 radical (unpaired) electrons. The van der Waals surface area contributed by atoms with Crippen LogP contribution in [0.2, 0.25) is 0 Å². The standard InChI is InChI=1S/C59H38N4S2/c1-35-21-27-50-48(29-35)49-30-36(2)22-28-51(49)63(50)56-46(37-13-5-3-6-14-37)31-41(32-47(56)38-15-7-4-8-16-38)59-61-57(39-23-25-44-42-17-9-11-19-52(42)64-54(44)33-39)60-58(62-59)40-24-26-45-43-18-10-12-20-53(43)65-55(45)34-40/h3-34H,1-2H3. The molecule has 4 heterocycles. The zero-order chi connectivity index (χ0) is 43.2. The molecule has 65 heavy (non-hydrogen) atoms. The summed E-state index contributed by atoms with van der Waals surface area (Å²) in [6.45, 7) is 4.35. The zero-order valence-electron chi connectivity index (χ0n) is 35.6. The highest BCUT2D eigenvalue weighted by atomic mass is 32.1. The molecule has 9 aromatic carbocycles. The Morgan fingerprint density at radius 1 is 0.323 bits per heavy atom. The van der Waals surface area contributed by atoms with Crippen LogP contribution in [0.3, 0.4) is 0 Å². The fourth-order valence-corrected chi connectivity index (χ4v) is 12.0. The molecule has 0 aliphatic heterocycles. The summed E-state index contributed by atoms with van der Waals surface area (Å²) in [5.74, 6) is 1.90. The highest BCUT2D eigenvalue weighted by Gasteiger charge is 2.24. The molecule has 0 N–H and O–H groups in total. The van der Waals surface area contributed by atoms with E-state index in [9.17, 15) is 0 Å². The lowest BCUT2D eigenvalue weighted by Gasteiger charge is -2.21. The van der Waals surface area contributed by atoms with Gasteiger partial charge in [-0.3, -0.25) is 0 Å². The minimum Gasteiger partial charge on any atom is -0.308 e. The average Bonchev–Trinajstić information content (AvgIpc) is 4.02. The monoisotopic (exact) mass is 866 g/mol. The average molecular weight is 867 g/mol. The van der Waals surface area contributed by atoms with Crippen molar-refractivity contribution in [3.8, 4) is 62.1 Å². The predicted molar refractivity (Wildman–Crippen MR) is 277 cm³/mol. The number of fused-ring (bicyclic) bond motifs is 9. The molecule has 0 unspecified atom stereocenters. The van der Waals surface area contributed by atoms with E-state index < -0.39 is 0 Å². The predicted octanol–water partition coefficient (Wildman–Crippen LogP) is 16.7. The van der Waals surface area contributed by atoms with E-state index in [2.05, 4.69) is 213 Å². The van der Waals surface area contributed by atoms with Crippen molar-refractivity contribution in [3.05, 3.63) is 205 Å². The van der Waals surface area contributed by atoms with Gasteiger partial charge in [-0.1, -0.05) is 145 Å².